The summed E-state index contributed by atoms with van der Waals surface area (Å²) >= 11 is 1.86. The summed E-state index contributed by atoms with van der Waals surface area (Å²) in [4.78, 5) is 4.81. The fourth-order valence-electron chi connectivity index (χ4n) is 8.95. The van der Waals surface area contributed by atoms with Gasteiger partial charge in [0.05, 0.1) is 0 Å². The van der Waals surface area contributed by atoms with Crippen LogP contribution in [0.1, 0.15) is 17.9 Å². The maximum Gasteiger partial charge on any atom is 0.0468 e. The van der Waals surface area contributed by atoms with Crippen molar-refractivity contribution >= 4 is 59.9 Å². The predicted molar refractivity (Wildman–Crippen MR) is 270 cm³/mol. The number of allylic oxidation sites excluding steroid dienone is 3. The Morgan fingerprint density at radius 2 is 0.714 bits per heavy atom. The molecule has 0 saturated heterocycles. The highest BCUT2D eigenvalue weighted by Gasteiger charge is 2.21. The monoisotopic (exact) mass is 824 g/mol. The molecular formula is C60H44N2S. The number of anilines is 5. The van der Waals surface area contributed by atoms with E-state index in [1.165, 1.54) is 64.8 Å². The summed E-state index contributed by atoms with van der Waals surface area (Å²) in [6.07, 6.45) is 8.02. The Kier molecular flexibility index (Phi) is 10.3. The molecule has 0 fully saturated rings. The second-order valence-corrected chi connectivity index (χ2v) is 17.2. The first-order valence-corrected chi connectivity index (χ1v) is 22.5. The highest BCUT2D eigenvalue weighted by atomic mass is 32.1. The van der Waals surface area contributed by atoms with Crippen molar-refractivity contribution in [2.75, 3.05) is 9.80 Å². The van der Waals surface area contributed by atoms with Gasteiger partial charge in [0.2, 0.25) is 0 Å². The Labute approximate surface area is 373 Å². The Balaban J connectivity index is 1.00. The number of hydrogen-bond donors (Lipinski definition) is 0. The summed E-state index contributed by atoms with van der Waals surface area (Å²) in [6, 6.07) is 83.6. The third kappa shape index (κ3) is 7.76. The van der Waals surface area contributed by atoms with Gasteiger partial charge < -0.3 is 9.80 Å². The van der Waals surface area contributed by atoms with Crippen molar-refractivity contribution in [1.82, 2.24) is 0 Å². The Morgan fingerprint density at radius 3 is 1.13 bits per heavy atom. The van der Waals surface area contributed by atoms with Crippen LogP contribution >= 0.6 is 11.3 Å². The lowest BCUT2D eigenvalue weighted by atomic mass is 9.91. The lowest BCUT2D eigenvalue weighted by molar-refractivity contribution is 0.840. The molecule has 0 spiro atoms. The molecule has 1 aliphatic rings. The van der Waals surface area contributed by atoms with E-state index in [9.17, 15) is 0 Å². The van der Waals surface area contributed by atoms with Gasteiger partial charge in [-0.1, -0.05) is 170 Å². The maximum atomic E-state index is 2.42. The molecule has 0 radical (unpaired) electrons. The summed E-state index contributed by atoms with van der Waals surface area (Å²) in [5, 5.41) is 2.50. The van der Waals surface area contributed by atoms with Crippen molar-refractivity contribution in [3.8, 4) is 33.4 Å². The second-order valence-electron chi connectivity index (χ2n) is 16.1. The minimum Gasteiger partial charge on any atom is -0.311 e. The van der Waals surface area contributed by atoms with Gasteiger partial charge in [-0.15, -0.1) is 11.3 Å². The molecule has 63 heavy (non-hydrogen) atoms. The molecule has 0 aliphatic heterocycles. The van der Waals surface area contributed by atoms with E-state index in [1.807, 2.05) is 11.3 Å². The van der Waals surface area contributed by atoms with Gasteiger partial charge in [-0.2, -0.15) is 0 Å². The van der Waals surface area contributed by atoms with E-state index >= 15 is 0 Å². The second kappa shape index (κ2) is 17.0. The molecule has 11 rings (SSSR count). The average Bonchev–Trinajstić information content (AvgIpc) is 3.73. The SMILES string of the molecule is C1=CC(c2ccccc2)CC=C1N(c1ccc(-c2ccccc2)cc1)c1ccc2sc3ccc(N(c4ccc(-c5ccccc5)cc4)c4ccc(-c5ccccc5)cc4)cc3c2c1. The van der Waals surface area contributed by atoms with Crippen molar-refractivity contribution in [3.05, 3.63) is 260 Å². The standard InChI is InChI=1S/C60H44N2S/c1-5-13-43(14-6-1)47-21-29-51(30-22-47)61(52-31-23-48(24-32-52)44-15-7-2-8-16-44)55-37-39-59-57(41-55)58-42-56(38-40-60(58)63-59)62(53-33-25-49(26-34-53)45-17-9-3-10-18-45)54-35-27-50(28-36-54)46-19-11-4-12-20-46/h1-27,29-42,50H,28H2. The minimum atomic E-state index is 0.353. The number of hydrogen-bond acceptors (Lipinski definition) is 3. The van der Waals surface area contributed by atoms with Crippen molar-refractivity contribution in [2.24, 2.45) is 0 Å². The molecular weight excluding hydrogens is 781 g/mol. The Bertz CT molecular complexity index is 3120. The molecule has 1 aromatic heterocycles. The third-order valence-corrected chi connectivity index (χ3v) is 13.4. The van der Waals surface area contributed by atoms with Gasteiger partial charge >= 0.3 is 0 Å². The van der Waals surface area contributed by atoms with Gasteiger partial charge in [0.15, 0.2) is 0 Å². The largest absolute Gasteiger partial charge is 0.311 e. The van der Waals surface area contributed by atoms with Gasteiger partial charge in [0.1, 0.15) is 0 Å². The molecule has 0 bridgehead atoms. The van der Waals surface area contributed by atoms with E-state index in [-0.39, 0.29) is 0 Å². The van der Waals surface area contributed by atoms with Crippen LogP contribution < -0.4 is 9.80 Å². The average molecular weight is 825 g/mol. The van der Waals surface area contributed by atoms with Crippen LogP contribution in [-0.2, 0) is 0 Å². The molecule has 0 saturated carbocycles. The van der Waals surface area contributed by atoms with E-state index < -0.39 is 0 Å². The topological polar surface area (TPSA) is 6.48 Å². The van der Waals surface area contributed by atoms with Gasteiger partial charge in [-0.05, 0) is 124 Å². The zero-order chi connectivity index (χ0) is 42.0. The molecule has 1 aliphatic carbocycles. The zero-order valence-electron chi connectivity index (χ0n) is 34.8. The number of fused-ring (bicyclic) bond motifs is 3. The van der Waals surface area contributed by atoms with Crippen LogP contribution in [0.4, 0.5) is 28.4 Å². The molecule has 1 unspecified atom stereocenters. The summed E-state index contributed by atoms with van der Waals surface area (Å²) in [5.41, 5.74) is 15.4. The summed E-state index contributed by atoms with van der Waals surface area (Å²) in [7, 11) is 0. The third-order valence-electron chi connectivity index (χ3n) is 12.2. The molecule has 0 N–H and O–H groups in total. The molecule has 1 atom stereocenters. The van der Waals surface area contributed by atoms with Gasteiger partial charge in [-0.25, -0.2) is 0 Å². The van der Waals surface area contributed by atoms with E-state index in [2.05, 4.69) is 259 Å². The fraction of sp³-hybridized carbons (Fsp3) is 0.0333. The van der Waals surface area contributed by atoms with Gasteiger partial charge in [-0.3, -0.25) is 0 Å². The molecule has 9 aromatic carbocycles. The van der Waals surface area contributed by atoms with Crippen LogP contribution in [0.2, 0.25) is 0 Å². The first-order chi connectivity index (χ1) is 31.2. The minimum absolute atomic E-state index is 0.353. The summed E-state index contributed by atoms with van der Waals surface area (Å²) in [5.74, 6) is 0.353. The van der Waals surface area contributed by atoms with Crippen molar-refractivity contribution in [1.29, 1.82) is 0 Å². The van der Waals surface area contributed by atoms with Crippen LogP contribution in [-0.4, -0.2) is 0 Å². The van der Waals surface area contributed by atoms with Crippen LogP contribution in [0.5, 0.6) is 0 Å². The number of thiophene rings is 1. The molecule has 1 heterocycles. The van der Waals surface area contributed by atoms with Crippen molar-refractivity contribution in [2.45, 2.75) is 12.3 Å². The fourth-order valence-corrected chi connectivity index (χ4v) is 10.0. The number of nitrogens with zero attached hydrogens (tertiary/aromatic N) is 2. The van der Waals surface area contributed by atoms with Crippen LogP contribution in [0.3, 0.4) is 0 Å². The maximum absolute atomic E-state index is 2.42. The van der Waals surface area contributed by atoms with E-state index in [4.69, 9.17) is 0 Å². The molecule has 10 aromatic rings. The van der Waals surface area contributed by atoms with Gasteiger partial charge in [0.25, 0.3) is 0 Å². The van der Waals surface area contributed by atoms with Crippen LogP contribution in [0.15, 0.2) is 254 Å². The first-order valence-electron chi connectivity index (χ1n) is 21.7. The predicted octanol–water partition coefficient (Wildman–Crippen LogP) is 17.3. The lowest BCUT2D eigenvalue weighted by Gasteiger charge is -2.29. The van der Waals surface area contributed by atoms with Crippen molar-refractivity contribution in [3.63, 3.8) is 0 Å². The summed E-state index contributed by atoms with van der Waals surface area (Å²) < 4.78 is 2.54. The highest BCUT2D eigenvalue weighted by molar-refractivity contribution is 7.25. The lowest BCUT2D eigenvalue weighted by Crippen LogP contribution is -2.17. The Morgan fingerprint density at radius 1 is 0.349 bits per heavy atom. The smallest absolute Gasteiger partial charge is 0.0468 e. The normalized spacial score (nSPS) is 13.5. The van der Waals surface area contributed by atoms with Crippen LogP contribution in [0, 0.1) is 0 Å². The van der Waals surface area contributed by atoms with Gasteiger partial charge in [0, 0.05) is 60.2 Å². The summed E-state index contributed by atoms with van der Waals surface area (Å²) in [6.45, 7) is 0. The quantitative estimate of drug-likeness (QED) is 0.136. The first kappa shape index (κ1) is 38.2. The zero-order valence-corrected chi connectivity index (χ0v) is 35.6. The molecule has 3 heteroatoms. The molecule has 300 valence electrons. The Hall–Kier alpha value is -7.72. The molecule has 0 amide bonds. The number of benzene rings is 9. The van der Waals surface area contributed by atoms with E-state index in [0.717, 1.165) is 34.9 Å². The van der Waals surface area contributed by atoms with E-state index in [1.54, 1.807) is 0 Å². The van der Waals surface area contributed by atoms with Crippen LogP contribution in [0.25, 0.3) is 53.6 Å². The van der Waals surface area contributed by atoms with Crippen molar-refractivity contribution < 1.29 is 0 Å². The number of rotatable bonds is 10. The molecule has 2 nitrogen and oxygen atoms in total. The van der Waals surface area contributed by atoms with E-state index in [0.29, 0.717) is 5.92 Å². The highest BCUT2D eigenvalue weighted by Crippen LogP contribution is 2.44.